The number of hydrogen-bond acceptors (Lipinski definition) is 3. The van der Waals surface area contributed by atoms with Crippen LogP contribution >= 0.6 is 0 Å². The molecular formula is C10H10O3. The van der Waals surface area contributed by atoms with Crippen LogP contribution in [-0.4, -0.2) is 12.8 Å². The van der Waals surface area contributed by atoms with Crippen LogP contribution in [-0.2, 0) is 15.1 Å². The molecule has 0 N–H and O–H groups in total. The Morgan fingerprint density at radius 3 is 2.54 bits per heavy atom. The van der Waals surface area contributed by atoms with Crippen LogP contribution in [0.3, 0.4) is 0 Å². The van der Waals surface area contributed by atoms with E-state index in [4.69, 9.17) is 9.47 Å². The van der Waals surface area contributed by atoms with E-state index in [1.807, 2.05) is 37.3 Å². The van der Waals surface area contributed by atoms with E-state index in [0.29, 0.717) is 0 Å². The summed E-state index contributed by atoms with van der Waals surface area (Å²) in [6.07, 6.45) is -0.591. The number of hydrogen-bond donors (Lipinski definition) is 0. The van der Waals surface area contributed by atoms with Crippen LogP contribution in [0.15, 0.2) is 30.3 Å². The first-order chi connectivity index (χ1) is 6.21. The zero-order valence-corrected chi connectivity index (χ0v) is 7.32. The second kappa shape index (κ2) is 2.76. The van der Waals surface area contributed by atoms with Crippen LogP contribution in [0.4, 0.5) is 4.79 Å². The average molecular weight is 178 g/mol. The normalized spacial score (nSPS) is 26.7. The Bertz CT molecular complexity index is 320. The Hall–Kier alpha value is -1.51. The third-order valence-corrected chi connectivity index (χ3v) is 2.16. The first kappa shape index (κ1) is 8.10. The van der Waals surface area contributed by atoms with Gasteiger partial charge in [0, 0.05) is 0 Å². The first-order valence-electron chi connectivity index (χ1n) is 4.12. The molecule has 0 saturated carbocycles. The highest BCUT2D eigenvalue weighted by Crippen LogP contribution is 2.30. The molecule has 0 aromatic heterocycles. The van der Waals surface area contributed by atoms with Crippen molar-refractivity contribution in [1.29, 1.82) is 0 Å². The lowest BCUT2D eigenvalue weighted by atomic mass is 9.97. The molecule has 0 amide bonds. The van der Waals surface area contributed by atoms with Gasteiger partial charge >= 0.3 is 6.16 Å². The van der Waals surface area contributed by atoms with Crippen molar-refractivity contribution >= 4 is 6.16 Å². The quantitative estimate of drug-likeness (QED) is 0.617. The van der Waals surface area contributed by atoms with E-state index in [2.05, 4.69) is 0 Å². The van der Waals surface area contributed by atoms with Crippen molar-refractivity contribution < 1.29 is 14.3 Å². The molecule has 1 saturated heterocycles. The van der Waals surface area contributed by atoms with Gasteiger partial charge in [0.05, 0.1) is 0 Å². The van der Waals surface area contributed by atoms with E-state index in [1.54, 1.807) is 0 Å². The maximum atomic E-state index is 10.8. The molecule has 0 unspecified atom stereocenters. The minimum atomic E-state index is -0.613. The van der Waals surface area contributed by atoms with E-state index < -0.39 is 11.8 Å². The predicted octanol–water partition coefficient (Wildman–Crippen LogP) is 2.07. The molecule has 68 valence electrons. The molecule has 3 nitrogen and oxygen atoms in total. The fourth-order valence-corrected chi connectivity index (χ4v) is 1.37. The van der Waals surface area contributed by atoms with Crippen molar-refractivity contribution in [1.82, 2.24) is 0 Å². The highest BCUT2D eigenvalue weighted by Gasteiger charge is 2.39. The van der Waals surface area contributed by atoms with Crippen LogP contribution in [0, 0.1) is 0 Å². The number of rotatable bonds is 1. The molecule has 0 bridgehead atoms. The molecule has 0 aliphatic carbocycles. The molecule has 1 heterocycles. The van der Waals surface area contributed by atoms with Gasteiger partial charge in [-0.25, -0.2) is 4.79 Å². The van der Waals surface area contributed by atoms with Gasteiger partial charge in [-0.3, -0.25) is 0 Å². The zero-order chi connectivity index (χ0) is 9.31. The molecule has 3 heteroatoms. The molecule has 2 rings (SSSR count). The Kier molecular flexibility index (Phi) is 1.72. The third-order valence-electron chi connectivity index (χ3n) is 2.16. The van der Waals surface area contributed by atoms with E-state index in [0.717, 1.165) is 5.56 Å². The fraction of sp³-hybridized carbons (Fsp3) is 0.300. The van der Waals surface area contributed by atoms with Gasteiger partial charge in [0.1, 0.15) is 6.61 Å². The summed E-state index contributed by atoms with van der Waals surface area (Å²) in [7, 11) is 0. The van der Waals surface area contributed by atoms with Crippen LogP contribution in [0.1, 0.15) is 12.5 Å². The smallest absolute Gasteiger partial charge is 0.430 e. The summed E-state index contributed by atoms with van der Waals surface area (Å²) in [6.45, 7) is 2.13. The lowest BCUT2D eigenvalue weighted by Gasteiger charge is -2.19. The number of ether oxygens (including phenoxy) is 2. The van der Waals surface area contributed by atoms with E-state index in [9.17, 15) is 4.79 Å². The molecule has 1 aliphatic rings. The standard InChI is InChI=1S/C10H10O3/c1-10(7-12-9(11)13-10)8-5-3-2-4-6-8/h2-6H,7H2,1H3/t10-/m1/s1. The summed E-state index contributed by atoms with van der Waals surface area (Å²) in [4.78, 5) is 10.8. The van der Waals surface area contributed by atoms with E-state index >= 15 is 0 Å². The number of carbonyl (C=O) groups is 1. The number of benzene rings is 1. The summed E-state index contributed by atoms with van der Waals surface area (Å²) in [5.41, 5.74) is 0.346. The topological polar surface area (TPSA) is 35.5 Å². The Labute approximate surface area is 76.3 Å². The summed E-state index contributed by atoms with van der Waals surface area (Å²) in [5.74, 6) is 0. The molecule has 0 radical (unpaired) electrons. The lowest BCUT2D eigenvalue weighted by Crippen LogP contribution is -2.24. The summed E-state index contributed by atoms with van der Waals surface area (Å²) < 4.78 is 9.84. The second-order valence-electron chi connectivity index (χ2n) is 3.24. The maximum Gasteiger partial charge on any atom is 0.509 e. The van der Waals surface area contributed by atoms with Gasteiger partial charge < -0.3 is 9.47 Å². The third kappa shape index (κ3) is 1.37. The maximum absolute atomic E-state index is 10.8. The van der Waals surface area contributed by atoms with Crippen molar-refractivity contribution in [3.63, 3.8) is 0 Å². The van der Waals surface area contributed by atoms with Crippen molar-refractivity contribution in [2.24, 2.45) is 0 Å². The number of carbonyl (C=O) groups excluding carboxylic acids is 1. The summed E-state index contributed by atoms with van der Waals surface area (Å²) in [6, 6.07) is 9.58. The minimum absolute atomic E-state index is 0.288. The predicted molar refractivity (Wildman–Crippen MR) is 46.2 cm³/mol. The second-order valence-corrected chi connectivity index (χ2v) is 3.24. The van der Waals surface area contributed by atoms with E-state index in [1.165, 1.54) is 0 Å². The molecule has 1 atom stereocenters. The number of cyclic esters (lactones) is 2. The fourth-order valence-electron chi connectivity index (χ4n) is 1.37. The van der Waals surface area contributed by atoms with Crippen LogP contribution in [0.2, 0.25) is 0 Å². The van der Waals surface area contributed by atoms with Gasteiger partial charge in [-0.1, -0.05) is 30.3 Å². The summed E-state index contributed by atoms with van der Waals surface area (Å²) in [5, 5.41) is 0. The minimum Gasteiger partial charge on any atom is -0.430 e. The molecule has 1 aromatic carbocycles. The molecule has 13 heavy (non-hydrogen) atoms. The zero-order valence-electron chi connectivity index (χ0n) is 7.32. The van der Waals surface area contributed by atoms with Gasteiger partial charge in [-0.2, -0.15) is 0 Å². The lowest BCUT2D eigenvalue weighted by molar-refractivity contribution is 0.0693. The van der Waals surface area contributed by atoms with Gasteiger partial charge in [-0.05, 0) is 12.5 Å². The monoisotopic (exact) mass is 178 g/mol. The van der Waals surface area contributed by atoms with Gasteiger partial charge in [0.2, 0.25) is 0 Å². The first-order valence-corrected chi connectivity index (χ1v) is 4.12. The van der Waals surface area contributed by atoms with Crippen LogP contribution in [0.25, 0.3) is 0 Å². The van der Waals surface area contributed by atoms with Crippen LogP contribution in [0.5, 0.6) is 0 Å². The molecule has 1 fully saturated rings. The van der Waals surface area contributed by atoms with Crippen molar-refractivity contribution in [3.05, 3.63) is 35.9 Å². The van der Waals surface area contributed by atoms with Crippen molar-refractivity contribution in [2.75, 3.05) is 6.61 Å². The molecule has 0 spiro atoms. The summed E-state index contributed by atoms with van der Waals surface area (Å²) >= 11 is 0. The highest BCUT2D eigenvalue weighted by molar-refractivity contribution is 5.63. The van der Waals surface area contributed by atoms with Gasteiger partial charge in [0.25, 0.3) is 0 Å². The Balaban J connectivity index is 2.31. The van der Waals surface area contributed by atoms with Gasteiger partial charge in [0.15, 0.2) is 5.60 Å². The van der Waals surface area contributed by atoms with E-state index in [-0.39, 0.29) is 6.61 Å². The molecule has 1 aromatic rings. The molecular weight excluding hydrogens is 168 g/mol. The highest BCUT2D eigenvalue weighted by atomic mass is 16.8. The van der Waals surface area contributed by atoms with Crippen LogP contribution < -0.4 is 0 Å². The van der Waals surface area contributed by atoms with Gasteiger partial charge in [-0.15, -0.1) is 0 Å². The van der Waals surface area contributed by atoms with Crippen molar-refractivity contribution in [2.45, 2.75) is 12.5 Å². The Morgan fingerprint density at radius 2 is 2.00 bits per heavy atom. The Morgan fingerprint density at radius 1 is 1.31 bits per heavy atom. The van der Waals surface area contributed by atoms with Crippen molar-refractivity contribution in [3.8, 4) is 0 Å². The SMILES string of the molecule is C[C@]1(c2ccccc2)COC(=O)O1. The average Bonchev–Trinajstić information content (AvgIpc) is 2.49. The largest absolute Gasteiger partial charge is 0.509 e. The molecule has 1 aliphatic heterocycles.